The van der Waals surface area contributed by atoms with Gasteiger partial charge in [0.1, 0.15) is 5.69 Å². The maximum Gasteiger partial charge on any atom is 0.224 e. The van der Waals surface area contributed by atoms with Gasteiger partial charge in [0, 0.05) is 39.3 Å². The van der Waals surface area contributed by atoms with E-state index >= 15 is 0 Å². The molecular weight excluding hydrogens is 254 g/mol. The molecule has 7 heteroatoms. The third kappa shape index (κ3) is 2.45. The highest BCUT2D eigenvalue weighted by molar-refractivity contribution is 5.81. The maximum atomic E-state index is 5.91. The Morgan fingerprint density at radius 1 is 1.05 bits per heavy atom. The first-order valence-electron chi connectivity index (χ1n) is 7.41. The van der Waals surface area contributed by atoms with Gasteiger partial charge in [-0.2, -0.15) is 9.97 Å². The Morgan fingerprint density at radius 3 is 2.55 bits per heavy atom. The summed E-state index contributed by atoms with van der Waals surface area (Å²) >= 11 is 0. The predicted molar refractivity (Wildman–Crippen MR) is 82.3 cm³/mol. The van der Waals surface area contributed by atoms with Crippen molar-refractivity contribution in [3.63, 3.8) is 0 Å². The second kappa shape index (κ2) is 5.70. The van der Waals surface area contributed by atoms with Crippen molar-refractivity contribution in [1.29, 1.82) is 0 Å². The van der Waals surface area contributed by atoms with Crippen molar-refractivity contribution in [2.75, 3.05) is 60.1 Å². The number of nitrogens with one attached hydrogen (secondary N) is 1. The van der Waals surface area contributed by atoms with Crippen molar-refractivity contribution in [3.8, 4) is 0 Å². The molecule has 1 aromatic rings. The molecule has 0 radical (unpaired) electrons. The van der Waals surface area contributed by atoms with Crippen LogP contribution in [0.15, 0.2) is 0 Å². The molecule has 20 heavy (non-hydrogen) atoms. The van der Waals surface area contributed by atoms with Gasteiger partial charge in [0.05, 0.1) is 0 Å². The average Bonchev–Trinajstić information content (AvgIpc) is 2.48. The Kier molecular flexibility index (Phi) is 3.77. The zero-order valence-corrected chi connectivity index (χ0v) is 11.8. The first kappa shape index (κ1) is 13.2. The molecule has 0 unspecified atom stereocenters. The highest BCUT2D eigenvalue weighted by atomic mass is 15.3. The maximum absolute atomic E-state index is 5.91. The van der Waals surface area contributed by atoms with Gasteiger partial charge in [-0.05, 0) is 19.3 Å². The number of hydrogen-bond donors (Lipinski definition) is 3. The summed E-state index contributed by atoms with van der Waals surface area (Å²) in [6.45, 7) is 5.29. The molecule has 1 fully saturated rings. The Labute approximate surface area is 119 Å². The molecule has 1 saturated heterocycles. The molecule has 0 amide bonds. The van der Waals surface area contributed by atoms with Crippen molar-refractivity contribution in [1.82, 2.24) is 9.97 Å². The molecule has 3 rings (SSSR count). The van der Waals surface area contributed by atoms with E-state index in [1.54, 1.807) is 0 Å². The average molecular weight is 277 g/mol. The Balaban J connectivity index is 1.97. The summed E-state index contributed by atoms with van der Waals surface area (Å²) in [5.41, 5.74) is 12.6. The number of aromatic nitrogens is 2. The fourth-order valence-corrected chi connectivity index (χ4v) is 2.97. The van der Waals surface area contributed by atoms with Crippen LogP contribution in [0.1, 0.15) is 19.3 Å². The van der Waals surface area contributed by atoms with Crippen LogP contribution in [0.5, 0.6) is 0 Å². The van der Waals surface area contributed by atoms with Crippen LogP contribution in [0.4, 0.5) is 23.3 Å². The molecule has 3 heterocycles. The van der Waals surface area contributed by atoms with Crippen molar-refractivity contribution in [3.05, 3.63) is 0 Å². The topological polar surface area (TPSA) is 96.3 Å². The molecule has 0 spiro atoms. The van der Waals surface area contributed by atoms with Gasteiger partial charge in [0.15, 0.2) is 11.6 Å². The van der Waals surface area contributed by atoms with E-state index in [4.69, 9.17) is 11.5 Å². The number of hydrogen-bond acceptors (Lipinski definition) is 7. The number of fused-ring (bicyclic) bond motifs is 1. The van der Waals surface area contributed by atoms with Crippen LogP contribution in [-0.2, 0) is 0 Å². The molecule has 0 atom stereocenters. The van der Waals surface area contributed by atoms with Crippen LogP contribution in [0.2, 0.25) is 0 Å². The Hall–Kier alpha value is -1.76. The molecular formula is C13H23N7. The van der Waals surface area contributed by atoms with Gasteiger partial charge in [0.2, 0.25) is 5.95 Å². The van der Waals surface area contributed by atoms with E-state index in [0.29, 0.717) is 12.5 Å². The summed E-state index contributed by atoms with van der Waals surface area (Å²) in [7, 11) is 0. The molecule has 5 N–H and O–H groups in total. The van der Waals surface area contributed by atoms with Crippen molar-refractivity contribution in [2.45, 2.75) is 19.3 Å². The first-order chi connectivity index (χ1) is 9.79. The molecule has 0 aromatic carbocycles. The van der Waals surface area contributed by atoms with E-state index < -0.39 is 0 Å². The summed E-state index contributed by atoms with van der Waals surface area (Å²) in [6.07, 6.45) is 3.72. The minimum absolute atomic E-state index is 0.343. The number of piperidine rings is 1. The van der Waals surface area contributed by atoms with Crippen LogP contribution in [0, 0.1) is 0 Å². The van der Waals surface area contributed by atoms with Gasteiger partial charge in [0.25, 0.3) is 0 Å². The minimum Gasteiger partial charge on any atom is -0.377 e. The van der Waals surface area contributed by atoms with Crippen LogP contribution in [0.25, 0.3) is 0 Å². The monoisotopic (exact) mass is 277 g/mol. The van der Waals surface area contributed by atoms with E-state index in [9.17, 15) is 0 Å². The second-order valence-electron chi connectivity index (χ2n) is 5.35. The van der Waals surface area contributed by atoms with Gasteiger partial charge in [-0.25, -0.2) is 0 Å². The molecule has 2 aliphatic heterocycles. The molecule has 0 saturated carbocycles. The zero-order chi connectivity index (χ0) is 13.9. The lowest BCUT2D eigenvalue weighted by atomic mass is 10.1. The number of nitrogen functional groups attached to an aromatic ring is 1. The Bertz CT molecular complexity index is 470. The van der Waals surface area contributed by atoms with Gasteiger partial charge < -0.3 is 26.6 Å². The zero-order valence-electron chi connectivity index (χ0n) is 11.8. The minimum atomic E-state index is 0.343. The van der Waals surface area contributed by atoms with Crippen molar-refractivity contribution < 1.29 is 0 Å². The number of anilines is 4. The number of rotatable bonds is 3. The largest absolute Gasteiger partial charge is 0.377 e. The molecule has 0 bridgehead atoms. The molecule has 1 aromatic heterocycles. The molecule has 7 nitrogen and oxygen atoms in total. The molecule has 0 aliphatic carbocycles. The first-order valence-corrected chi connectivity index (χ1v) is 7.41. The summed E-state index contributed by atoms with van der Waals surface area (Å²) in [4.78, 5) is 13.4. The summed E-state index contributed by atoms with van der Waals surface area (Å²) < 4.78 is 0. The lowest BCUT2D eigenvalue weighted by Gasteiger charge is -2.35. The smallest absolute Gasteiger partial charge is 0.224 e. The second-order valence-corrected chi connectivity index (χ2v) is 5.35. The molecule has 110 valence electrons. The van der Waals surface area contributed by atoms with Crippen LogP contribution in [-0.4, -0.2) is 49.2 Å². The van der Waals surface area contributed by atoms with Crippen LogP contribution >= 0.6 is 0 Å². The number of nitrogens with zero attached hydrogens (tertiary/aromatic N) is 4. The van der Waals surface area contributed by atoms with Gasteiger partial charge in [-0.1, -0.05) is 0 Å². The van der Waals surface area contributed by atoms with E-state index in [1.165, 1.54) is 19.3 Å². The SMILES string of the molecule is NCCN1CCNc2c(N3CCCCC3)nc(N)nc21. The van der Waals surface area contributed by atoms with Gasteiger partial charge in [-0.3, -0.25) is 0 Å². The van der Waals surface area contributed by atoms with Crippen LogP contribution in [0.3, 0.4) is 0 Å². The number of nitrogens with two attached hydrogens (primary N) is 2. The van der Waals surface area contributed by atoms with Crippen molar-refractivity contribution in [2.24, 2.45) is 5.73 Å². The van der Waals surface area contributed by atoms with Gasteiger partial charge >= 0.3 is 0 Å². The van der Waals surface area contributed by atoms with Crippen molar-refractivity contribution >= 4 is 23.3 Å². The highest BCUT2D eigenvalue weighted by Gasteiger charge is 2.25. The van der Waals surface area contributed by atoms with E-state index in [-0.39, 0.29) is 0 Å². The predicted octanol–water partition coefficient (Wildman–Crippen LogP) is 0.240. The quantitative estimate of drug-likeness (QED) is 0.728. The van der Waals surface area contributed by atoms with Crippen LogP contribution < -0.4 is 26.6 Å². The van der Waals surface area contributed by atoms with E-state index in [2.05, 4.69) is 25.1 Å². The summed E-state index contributed by atoms with van der Waals surface area (Å²) in [5, 5.41) is 3.44. The lowest BCUT2D eigenvalue weighted by molar-refractivity contribution is 0.573. The summed E-state index contributed by atoms with van der Waals surface area (Å²) in [5.74, 6) is 2.19. The fourth-order valence-electron chi connectivity index (χ4n) is 2.97. The lowest BCUT2D eigenvalue weighted by Crippen LogP contribution is -2.40. The third-order valence-corrected chi connectivity index (χ3v) is 3.93. The van der Waals surface area contributed by atoms with E-state index in [0.717, 1.165) is 50.0 Å². The third-order valence-electron chi connectivity index (χ3n) is 3.93. The normalized spacial score (nSPS) is 18.6. The molecule has 2 aliphatic rings. The highest BCUT2D eigenvalue weighted by Crippen LogP contribution is 2.36. The summed E-state index contributed by atoms with van der Waals surface area (Å²) in [6, 6.07) is 0. The fraction of sp³-hybridized carbons (Fsp3) is 0.692. The standard InChI is InChI=1S/C13H23N7/c14-4-8-20-9-5-16-10-11(17-13(15)18-12(10)20)19-6-2-1-3-7-19/h16H,1-9,14H2,(H2,15,17,18). The Morgan fingerprint density at radius 2 is 1.80 bits per heavy atom. The van der Waals surface area contributed by atoms with Gasteiger partial charge in [-0.15, -0.1) is 0 Å². The van der Waals surface area contributed by atoms with E-state index in [1.807, 2.05) is 0 Å².